The summed E-state index contributed by atoms with van der Waals surface area (Å²) in [5.41, 5.74) is 0. The molecule has 8 heteroatoms. The van der Waals surface area contributed by atoms with Gasteiger partial charge in [-0.3, -0.25) is 0 Å². The van der Waals surface area contributed by atoms with Gasteiger partial charge in [0.05, 0.1) is 0 Å². The van der Waals surface area contributed by atoms with Crippen molar-refractivity contribution in [2.75, 3.05) is 18.0 Å². The summed E-state index contributed by atoms with van der Waals surface area (Å²) in [5.74, 6) is 0.274. The number of nitrogens with one attached hydrogen (secondary N) is 1. The van der Waals surface area contributed by atoms with E-state index in [1.54, 1.807) is 4.90 Å². The summed E-state index contributed by atoms with van der Waals surface area (Å²) in [6, 6.07) is 0. The summed E-state index contributed by atoms with van der Waals surface area (Å²) in [4.78, 5) is 5.60. The molecule has 0 saturated carbocycles. The first-order valence-electron chi connectivity index (χ1n) is 4.36. The van der Waals surface area contributed by atoms with Gasteiger partial charge in [-0.1, -0.05) is 6.32 Å². The molecule has 1 aliphatic heterocycles. The quantitative estimate of drug-likeness (QED) is 0.751. The third-order valence-corrected chi connectivity index (χ3v) is 2.26. The van der Waals surface area contributed by atoms with Crippen molar-refractivity contribution in [3.8, 4) is 0 Å². The van der Waals surface area contributed by atoms with Crippen LogP contribution in [0.4, 0.5) is 18.9 Å². The monoisotopic (exact) mass is 205 g/mol. The van der Waals surface area contributed by atoms with Gasteiger partial charge < -0.3 is 17.8 Å². The fourth-order valence-electron chi connectivity index (χ4n) is 1.62. The van der Waals surface area contributed by atoms with Crippen molar-refractivity contribution in [2.24, 2.45) is 5.92 Å². The highest BCUT2D eigenvalue weighted by atomic mass is 19.4. The molecule has 14 heavy (non-hydrogen) atoms. The topological polar surface area (TPSA) is 44.8 Å². The Bertz CT molecular complexity index is 293. The summed E-state index contributed by atoms with van der Waals surface area (Å²) in [6.45, 7) is -3.83. The minimum absolute atomic E-state index is 0.278. The molecule has 4 nitrogen and oxygen atoms in total. The molecular formula is C6H9BF3N4-. The standard InChI is InChI=1S/C6H9BF3N4/c8-7(9,10)1-5-2-14(3-5)6-11-4-12-13-6/h4-5H,1-3H2,(H,11,12,13)/q-1. The Morgan fingerprint density at radius 2 is 2.21 bits per heavy atom. The number of nitrogens with zero attached hydrogens (tertiary/aromatic N) is 3. The van der Waals surface area contributed by atoms with Gasteiger partial charge in [0, 0.05) is 13.1 Å². The van der Waals surface area contributed by atoms with Crippen LogP contribution in [-0.2, 0) is 0 Å². The van der Waals surface area contributed by atoms with Crippen LogP contribution in [0.5, 0.6) is 0 Å². The first kappa shape index (κ1) is 9.35. The minimum Gasteiger partial charge on any atom is -0.449 e. The number of anilines is 1. The second-order valence-electron chi connectivity index (χ2n) is 3.53. The zero-order chi connectivity index (χ0) is 10.2. The Kier molecular flexibility index (Phi) is 2.12. The van der Waals surface area contributed by atoms with Gasteiger partial charge in [-0.05, 0) is 5.92 Å². The molecule has 0 amide bonds. The van der Waals surface area contributed by atoms with Gasteiger partial charge in [-0.25, -0.2) is 5.10 Å². The molecule has 1 N–H and O–H groups in total. The number of hydrogen-bond donors (Lipinski definition) is 1. The molecule has 0 aliphatic carbocycles. The maximum Gasteiger partial charge on any atom is 0.478 e. The molecule has 0 atom stereocenters. The summed E-state index contributed by atoms with van der Waals surface area (Å²) < 4.78 is 36.0. The molecular weight excluding hydrogens is 196 g/mol. The number of hydrogen-bond acceptors (Lipinski definition) is 3. The van der Waals surface area contributed by atoms with Crippen LogP contribution >= 0.6 is 0 Å². The summed E-state index contributed by atoms with van der Waals surface area (Å²) in [7, 11) is 0. The average Bonchev–Trinajstić information content (AvgIpc) is 2.45. The second kappa shape index (κ2) is 3.18. The largest absolute Gasteiger partial charge is 0.478 e. The van der Waals surface area contributed by atoms with Gasteiger partial charge >= 0.3 is 6.98 Å². The van der Waals surface area contributed by atoms with E-state index in [0.29, 0.717) is 19.0 Å². The van der Waals surface area contributed by atoms with Crippen molar-refractivity contribution < 1.29 is 12.9 Å². The van der Waals surface area contributed by atoms with Gasteiger partial charge in [-0.2, -0.15) is 10.1 Å². The molecule has 78 valence electrons. The van der Waals surface area contributed by atoms with Gasteiger partial charge in [0.1, 0.15) is 6.33 Å². The highest BCUT2D eigenvalue weighted by molar-refractivity contribution is 6.58. The SMILES string of the molecule is F[B-](F)(F)CC1CN(c2ncn[nH]2)C1. The van der Waals surface area contributed by atoms with E-state index < -0.39 is 13.3 Å². The van der Waals surface area contributed by atoms with E-state index >= 15 is 0 Å². The van der Waals surface area contributed by atoms with Crippen molar-refractivity contribution in [3.05, 3.63) is 6.33 Å². The zero-order valence-corrected chi connectivity index (χ0v) is 7.33. The first-order valence-corrected chi connectivity index (χ1v) is 4.36. The molecule has 2 rings (SSSR count). The van der Waals surface area contributed by atoms with E-state index in [4.69, 9.17) is 0 Å². The molecule has 0 spiro atoms. The van der Waals surface area contributed by atoms with Crippen LogP contribution in [0.25, 0.3) is 0 Å². The Hall–Kier alpha value is -1.21. The molecule has 2 heterocycles. The number of halogens is 3. The van der Waals surface area contributed by atoms with Crippen molar-refractivity contribution in [1.29, 1.82) is 0 Å². The number of aromatic nitrogens is 3. The zero-order valence-electron chi connectivity index (χ0n) is 7.33. The maximum atomic E-state index is 12.0. The van der Waals surface area contributed by atoms with E-state index in [-0.39, 0.29) is 5.92 Å². The summed E-state index contributed by atoms with van der Waals surface area (Å²) in [6.07, 6.45) is 0.695. The fourth-order valence-corrected chi connectivity index (χ4v) is 1.62. The van der Waals surface area contributed by atoms with E-state index in [1.807, 2.05) is 0 Å². The fraction of sp³-hybridized carbons (Fsp3) is 0.667. The van der Waals surface area contributed by atoms with Crippen LogP contribution in [0.15, 0.2) is 6.33 Å². The molecule has 0 bridgehead atoms. The van der Waals surface area contributed by atoms with Crippen LogP contribution in [0, 0.1) is 5.92 Å². The van der Waals surface area contributed by atoms with Crippen LogP contribution in [0.1, 0.15) is 0 Å². The molecule has 0 unspecified atom stereocenters. The van der Waals surface area contributed by atoms with Crippen LogP contribution in [-0.4, -0.2) is 35.2 Å². The predicted molar refractivity (Wildman–Crippen MR) is 46.0 cm³/mol. The molecule has 1 aromatic rings. The van der Waals surface area contributed by atoms with Gasteiger partial charge in [0.15, 0.2) is 0 Å². The van der Waals surface area contributed by atoms with Crippen molar-refractivity contribution in [3.63, 3.8) is 0 Å². The van der Waals surface area contributed by atoms with Crippen molar-refractivity contribution >= 4 is 12.9 Å². The molecule has 0 radical (unpaired) electrons. The third kappa shape index (κ3) is 1.99. The van der Waals surface area contributed by atoms with Gasteiger partial charge in [0.25, 0.3) is 0 Å². The lowest BCUT2D eigenvalue weighted by Gasteiger charge is -2.41. The molecule has 1 aliphatic rings. The molecule has 1 fully saturated rings. The number of H-pyrrole nitrogens is 1. The lowest BCUT2D eigenvalue weighted by Crippen LogP contribution is -2.49. The summed E-state index contributed by atoms with van der Waals surface area (Å²) >= 11 is 0. The van der Waals surface area contributed by atoms with E-state index in [1.165, 1.54) is 6.33 Å². The number of aromatic amines is 1. The molecule has 0 aromatic carbocycles. The average molecular weight is 205 g/mol. The number of rotatable bonds is 3. The van der Waals surface area contributed by atoms with Crippen molar-refractivity contribution in [1.82, 2.24) is 15.2 Å². The smallest absolute Gasteiger partial charge is 0.449 e. The lowest BCUT2D eigenvalue weighted by atomic mass is 9.75. The highest BCUT2D eigenvalue weighted by Gasteiger charge is 2.35. The highest BCUT2D eigenvalue weighted by Crippen LogP contribution is 2.29. The van der Waals surface area contributed by atoms with E-state index in [2.05, 4.69) is 15.2 Å². The molecule has 1 saturated heterocycles. The second-order valence-corrected chi connectivity index (χ2v) is 3.53. The Morgan fingerprint density at radius 1 is 1.50 bits per heavy atom. The maximum absolute atomic E-state index is 12.0. The first-order chi connectivity index (χ1) is 6.54. The van der Waals surface area contributed by atoms with Gasteiger partial charge in [-0.15, -0.1) is 0 Å². The summed E-state index contributed by atoms with van der Waals surface area (Å²) in [5, 5.41) is 6.24. The predicted octanol–water partition coefficient (Wildman–Crippen LogP) is 1.09. The van der Waals surface area contributed by atoms with Crippen molar-refractivity contribution in [2.45, 2.75) is 6.32 Å². The normalized spacial score (nSPS) is 18.4. The Labute approximate surface area is 78.6 Å². The van der Waals surface area contributed by atoms with Gasteiger partial charge in [0.2, 0.25) is 5.95 Å². The molecule has 1 aromatic heterocycles. The lowest BCUT2D eigenvalue weighted by molar-refractivity contribution is 0.378. The van der Waals surface area contributed by atoms with Crippen LogP contribution in [0.3, 0.4) is 0 Å². The third-order valence-electron chi connectivity index (χ3n) is 2.26. The Balaban J connectivity index is 1.80. The minimum atomic E-state index is -4.65. The Morgan fingerprint density at radius 3 is 2.71 bits per heavy atom. The van der Waals surface area contributed by atoms with Crippen LogP contribution < -0.4 is 4.90 Å². The van der Waals surface area contributed by atoms with E-state index in [9.17, 15) is 12.9 Å². The van der Waals surface area contributed by atoms with E-state index in [0.717, 1.165) is 0 Å². The van der Waals surface area contributed by atoms with Crippen LogP contribution in [0.2, 0.25) is 6.32 Å².